The first-order chi connectivity index (χ1) is 9.20. The van der Waals surface area contributed by atoms with E-state index in [-0.39, 0.29) is 5.97 Å². The van der Waals surface area contributed by atoms with Crippen LogP contribution in [0.25, 0.3) is 0 Å². The van der Waals surface area contributed by atoms with E-state index in [0.29, 0.717) is 11.3 Å². The quantitative estimate of drug-likeness (QED) is 0.604. The summed E-state index contributed by atoms with van der Waals surface area (Å²) in [6.45, 7) is 4.16. The third-order valence-electron chi connectivity index (χ3n) is 2.95. The Morgan fingerprint density at radius 3 is 2.53 bits per heavy atom. The van der Waals surface area contributed by atoms with Crippen LogP contribution in [0, 0.1) is 6.92 Å². The van der Waals surface area contributed by atoms with Gasteiger partial charge < -0.3 is 4.74 Å². The first-order valence-electron chi connectivity index (χ1n) is 6.57. The van der Waals surface area contributed by atoms with Gasteiger partial charge in [0.1, 0.15) is 5.75 Å². The van der Waals surface area contributed by atoms with E-state index in [9.17, 15) is 4.79 Å². The number of carbonyl (C=O) groups is 1. The van der Waals surface area contributed by atoms with Gasteiger partial charge in [0.05, 0.1) is 5.56 Å². The highest BCUT2D eigenvalue weighted by Gasteiger charge is 2.11. The molecule has 0 aliphatic heterocycles. The summed E-state index contributed by atoms with van der Waals surface area (Å²) >= 11 is 0. The molecule has 0 bridgehead atoms. The molecule has 2 heteroatoms. The van der Waals surface area contributed by atoms with Gasteiger partial charge in [0.15, 0.2) is 0 Å². The Balaban J connectivity index is 2.21. The highest BCUT2D eigenvalue weighted by molar-refractivity contribution is 5.91. The van der Waals surface area contributed by atoms with E-state index >= 15 is 0 Å². The standard InChI is InChI=1S/C17H18O2/c1-3-7-15-12-13(2)10-11-16(15)19-17(18)14-8-5-4-6-9-14/h4-6,8-12H,3,7H2,1-2H3. The van der Waals surface area contributed by atoms with Crippen molar-refractivity contribution in [3.8, 4) is 5.75 Å². The lowest BCUT2D eigenvalue weighted by atomic mass is 10.1. The fourth-order valence-electron chi connectivity index (χ4n) is 2.01. The van der Waals surface area contributed by atoms with E-state index in [1.807, 2.05) is 37.3 Å². The van der Waals surface area contributed by atoms with Gasteiger partial charge >= 0.3 is 5.97 Å². The van der Waals surface area contributed by atoms with Gasteiger partial charge in [-0.15, -0.1) is 0 Å². The monoisotopic (exact) mass is 254 g/mol. The minimum atomic E-state index is -0.304. The predicted molar refractivity (Wildman–Crippen MR) is 76.6 cm³/mol. The van der Waals surface area contributed by atoms with Crippen LogP contribution in [-0.2, 0) is 6.42 Å². The highest BCUT2D eigenvalue weighted by atomic mass is 16.5. The maximum atomic E-state index is 12.0. The maximum Gasteiger partial charge on any atom is 0.343 e. The number of rotatable bonds is 4. The number of benzene rings is 2. The molecule has 0 atom stereocenters. The molecule has 0 saturated carbocycles. The number of aryl methyl sites for hydroxylation is 2. The van der Waals surface area contributed by atoms with Crippen LogP contribution in [0.1, 0.15) is 34.8 Å². The molecule has 0 spiro atoms. The average molecular weight is 254 g/mol. The zero-order valence-corrected chi connectivity index (χ0v) is 11.3. The van der Waals surface area contributed by atoms with Crippen molar-refractivity contribution in [3.05, 3.63) is 65.2 Å². The summed E-state index contributed by atoms with van der Waals surface area (Å²) in [6, 6.07) is 15.0. The largest absolute Gasteiger partial charge is 0.423 e. The first kappa shape index (κ1) is 13.3. The lowest BCUT2D eigenvalue weighted by Gasteiger charge is -2.10. The molecule has 2 nitrogen and oxygen atoms in total. The minimum absolute atomic E-state index is 0.304. The van der Waals surface area contributed by atoms with Crippen LogP contribution in [0.4, 0.5) is 0 Å². The third kappa shape index (κ3) is 3.44. The van der Waals surface area contributed by atoms with Gasteiger partial charge in [-0.05, 0) is 37.1 Å². The van der Waals surface area contributed by atoms with E-state index < -0.39 is 0 Å². The Hall–Kier alpha value is -2.09. The van der Waals surface area contributed by atoms with Gasteiger partial charge in [-0.3, -0.25) is 0 Å². The number of hydrogen-bond donors (Lipinski definition) is 0. The first-order valence-corrected chi connectivity index (χ1v) is 6.57. The Kier molecular flexibility index (Phi) is 4.35. The predicted octanol–water partition coefficient (Wildman–Crippen LogP) is 4.17. The molecular weight excluding hydrogens is 236 g/mol. The van der Waals surface area contributed by atoms with Gasteiger partial charge in [0.2, 0.25) is 0 Å². The van der Waals surface area contributed by atoms with Crippen LogP contribution in [0.3, 0.4) is 0 Å². The number of ether oxygens (including phenoxy) is 1. The molecule has 0 heterocycles. The lowest BCUT2D eigenvalue weighted by molar-refractivity contribution is 0.0733. The summed E-state index contributed by atoms with van der Waals surface area (Å²) in [7, 11) is 0. The zero-order valence-electron chi connectivity index (χ0n) is 11.3. The summed E-state index contributed by atoms with van der Waals surface area (Å²) in [5, 5.41) is 0. The fourth-order valence-corrected chi connectivity index (χ4v) is 2.01. The number of esters is 1. The summed E-state index contributed by atoms with van der Waals surface area (Å²) in [6.07, 6.45) is 1.94. The van der Waals surface area contributed by atoms with Crippen molar-refractivity contribution in [1.82, 2.24) is 0 Å². The second-order valence-corrected chi connectivity index (χ2v) is 4.62. The summed E-state index contributed by atoms with van der Waals surface area (Å²) in [5.41, 5.74) is 2.85. The zero-order chi connectivity index (χ0) is 13.7. The molecule has 98 valence electrons. The van der Waals surface area contributed by atoms with Gasteiger partial charge in [0.25, 0.3) is 0 Å². The van der Waals surface area contributed by atoms with Gasteiger partial charge in [0, 0.05) is 0 Å². The third-order valence-corrected chi connectivity index (χ3v) is 2.95. The SMILES string of the molecule is CCCc1cc(C)ccc1OC(=O)c1ccccc1. The molecular formula is C17H18O2. The van der Waals surface area contributed by atoms with E-state index in [4.69, 9.17) is 4.74 Å². The molecule has 0 aliphatic rings. The molecule has 0 N–H and O–H groups in total. The summed E-state index contributed by atoms with van der Waals surface area (Å²) in [4.78, 5) is 12.0. The van der Waals surface area contributed by atoms with Crippen LogP contribution in [0.5, 0.6) is 5.75 Å². The molecule has 2 aromatic rings. The van der Waals surface area contributed by atoms with Gasteiger partial charge in [-0.2, -0.15) is 0 Å². The minimum Gasteiger partial charge on any atom is -0.423 e. The maximum absolute atomic E-state index is 12.0. The normalized spacial score (nSPS) is 10.2. The Morgan fingerprint density at radius 2 is 1.84 bits per heavy atom. The van der Waals surface area contributed by atoms with Crippen molar-refractivity contribution in [3.63, 3.8) is 0 Å². The topological polar surface area (TPSA) is 26.3 Å². The smallest absolute Gasteiger partial charge is 0.343 e. The van der Waals surface area contributed by atoms with Crippen LogP contribution in [-0.4, -0.2) is 5.97 Å². The van der Waals surface area contributed by atoms with E-state index in [0.717, 1.165) is 18.4 Å². The molecule has 0 unspecified atom stereocenters. The van der Waals surface area contributed by atoms with Crippen molar-refractivity contribution in [2.24, 2.45) is 0 Å². The Bertz CT molecular complexity index is 559. The summed E-state index contributed by atoms with van der Waals surface area (Å²) < 4.78 is 5.50. The van der Waals surface area contributed by atoms with Crippen LogP contribution >= 0.6 is 0 Å². The number of carbonyl (C=O) groups excluding carboxylic acids is 1. The Morgan fingerprint density at radius 1 is 1.11 bits per heavy atom. The molecule has 0 radical (unpaired) electrons. The average Bonchev–Trinajstić information content (AvgIpc) is 2.43. The Labute approximate surface area is 114 Å². The van der Waals surface area contributed by atoms with Crippen molar-refractivity contribution in [2.75, 3.05) is 0 Å². The lowest BCUT2D eigenvalue weighted by Crippen LogP contribution is -2.09. The number of hydrogen-bond acceptors (Lipinski definition) is 2. The second-order valence-electron chi connectivity index (χ2n) is 4.62. The van der Waals surface area contributed by atoms with Crippen molar-refractivity contribution >= 4 is 5.97 Å². The van der Waals surface area contributed by atoms with E-state index in [2.05, 4.69) is 13.0 Å². The van der Waals surface area contributed by atoms with Crippen molar-refractivity contribution < 1.29 is 9.53 Å². The molecule has 2 rings (SSSR count). The van der Waals surface area contributed by atoms with Gasteiger partial charge in [-0.25, -0.2) is 4.79 Å². The molecule has 19 heavy (non-hydrogen) atoms. The van der Waals surface area contributed by atoms with Crippen molar-refractivity contribution in [2.45, 2.75) is 26.7 Å². The van der Waals surface area contributed by atoms with Gasteiger partial charge in [-0.1, -0.05) is 49.2 Å². The van der Waals surface area contributed by atoms with Crippen molar-refractivity contribution in [1.29, 1.82) is 0 Å². The highest BCUT2D eigenvalue weighted by Crippen LogP contribution is 2.22. The van der Waals surface area contributed by atoms with E-state index in [1.165, 1.54) is 5.56 Å². The molecule has 0 amide bonds. The fraction of sp³-hybridized carbons (Fsp3) is 0.235. The second kappa shape index (κ2) is 6.19. The van der Waals surface area contributed by atoms with Crippen LogP contribution < -0.4 is 4.74 Å². The molecule has 0 aromatic heterocycles. The van der Waals surface area contributed by atoms with Crippen LogP contribution in [0.15, 0.2) is 48.5 Å². The molecule has 0 fully saturated rings. The molecule has 0 aliphatic carbocycles. The summed E-state index contributed by atoms with van der Waals surface area (Å²) in [5.74, 6) is 0.364. The van der Waals surface area contributed by atoms with E-state index in [1.54, 1.807) is 12.1 Å². The van der Waals surface area contributed by atoms with Crippen LogP contribution in [0.2, 0.25) is 0 Å². The molecule has 0 saturated heterocycles. The molecule has 2 aromatic carbocycles.